The lowest BCUT2D eigenvalue weighted by molar-refractivity contribution is -0.161. The van der Waals surface area contributed by atoms with Crippen LogP contribution < -0.4 is 14.8 Å². The number of rotatable bonds is 14. The molecular weight excluding hydrogens is 633 g/mol. The number of nitrogens with one attached hydrogen (secondary N) is 1. The fraction of sp³-hybridized carbons (Fsp3) is 0.441. The molecule has 2 aromatic carbocycles. The molecule has 4 aromatic rings. The standard InChI is InChI=1S/C34H42ClF3N4O3Si/c1-9-46(10-2,11-3)45-33(6,7)34(37,38)27-14-12-13-25(29(27)36)21(4)39-31-26-19-28(35)42-32(30(26)40-22(5)41-31)44-20-23-15-17-24(43-8)18-16-23/h12-19,21H,9-11,20H2,1-8H3,(H,39,40,41)/t21-/m1/s1. The van der Waals surface area contributed by atoms with Gasteiger partial charge in [0.2, 0.25) is 5.88 Å². The molecule has 1 atom stereocenters. The van der Waals surface area contributed by atoms with Gasteiger partial charge < -0.3 is 19.2 Å². The Kier molecular flexibility index (Phi) is 10.9. The van der Waals surface area contributed by atoms with E-state index in [4.69, 9.17) is 25.5 Å². The van der Waals surface area contributed by atoms with E-state index < -0.39 is 37.3 Å². The molecule has 0 aliphatic rings. The summed E-state index contributed by atoms with van der Waals surface area (Å²) in [7, 11) is -0.836. The molecule has 0 aliphatic carbocycles. The number of methoxy groups -OCH3 is 1. The quantitative estimate of drug-likeness (QED) is 0.105. The third kappa shape index (κ3) is 7.26. The highest BCUT2D eigenvalue weighted by atomic mass is 35.5. The van der Waals surface area contributed by atoms with Crippen molar-refractivity contribution < 1.29 is 27.1 Å². The Morgan fingerprint density at radius 2 is 1.63 bits per heavy atom. The van der Waals surface area contributed by atoms with Gasteiger partial charge in [0.05, 0.1) is 24.1 Å². The summed E-state index contributed by atoms with van der Waals surface area (Å²) in [5, 5.41) is 3.82. The molecule has 4 rings (SSSR count). The van der Waals surface area contributed by atoms with Crippen LogP contribution in [0.4, 0.5) is 19.0 Å². The van der Waals surface area contributed by atoms with Crippen molar-refractivity contribution in [2.75, 3.05) is 12.4 Å². The molecule has 1 N–H and O–H groups in total. The molecule has 2 aromatic heterocycles. The Morgan fingerprint density at radius 1 is 0.978 bits per heavy atom. The van der Waals surface area contributed by atoms with Gasteiger partial charge in [0.15, 0.2) is 8.32 Å². The van der Waals surface area contributed by atoms with Crippen LogP contribution in [-0.2, 0) is 17.0 Å². The van der Waals surface area contributed by atoms with Crippen LogP contribution in [0.15, 0.2) is 48.5 Å². The maximum absolute atomic E-state index is 16.2. The molecule has 0 aliphatic heterocycles. The summed E-state index contributed by atoms with van der Waals surface area (Å²) in [5.74, 6) is -2.95. The summed E-state index contributed by atoms with van der Waals surface area (Å²) in [6, 6.07) is 14.4. The van der Waals surface area contributed by atoms with Gasteiger partial charge in [0.25, 0.3) is 0 Å². The van der Waals surface area contributed by atoms with Crippen LogP contribution in [-0.4, -0.2) is 36.0 Å². The molecule has 0 fully saturated rings. The highest BCUT2D eigenvalue weighted by Gasteiger charge is 2.54. The monoisotopic (exact) mass is 674 g/mol. The van der Waals surface area contributed by atoms with Crippen molar-refractivity contribution in [1.82, 2.24) is 15.0 Å². The Balaban J connectivity index is 1.66. The van der Waals surface area contributed by atoms with Crippen molar-refractivity contribution in [3.8, 4) is 11.6 Å². The lowest BCUT2D eigenvalue weighted by atomic mass is 9.91. The van der Waals surface area contributed by atoms with Crippen LogP contribution in [0.2, 0.25) is 23.3 Å². The van der Waals surface area contributed by atoms with Crippen molar-refractivity contribution >= 4 is 36.6 Å². The smallest absolute Gasteiger partial charge is 0.302 e. The average Bonchev–Trinajstić information content (AvgIpc) is 3.03. The van der Waals surface area contributed by atoms with Crippen LogP contribution >= 0.6 is 11.6 Å². The van der Waals surface area contributed by atoms with Crippen molar-refractivity contribution in [1.29, 1.82) is 0 Å². The van der Waals surface area contributed by atoms with Crippen molar-refractivity contribution in [3.05, 3.63) is 82.0 Å². The zero-order valence-electron chi connectivity index (χ0n) is 27.6. The van der Waals surface area contributed by atoms with E-state index in [1.165, 1.54) is 26.0 Å². The van der Waals surface area contributed by atoms with Crippen LogP contribution in [0.5, 0.6) is 11.6 Å². The molecule has 0 saturated carbocycles. The number of aromatic nitrogens is 3. The van der Waals surface area contributed by atoms with E-state index in [-0.39, 0.29) is 23.2 Å². The topological polar surface area (TPSA) is 78.4 Å². The SMILES string of the molecule is CC[Si](CC)(CC)OC(C)(C)C(F)(F)c1cccc([C@@H](C)Nc2nc(C)nc3c(OCc4ccc(OC)cc4)nc(Cl)cc23)c1F. The number of hydrogen-bond donors (Lipinski definition) is 1. The van der Waals surface area contributed by atoms with Gasteiger partial charge in [-0.15, -0.1) is 0 Å². The second-order valence-corrected chi connectivity index (χ2v) is 17.0. The van der Waals surface area contributed by atoms with Gasteiger partial charge in [-0.2, -0.15) is 13.8 Å². The van der Waals surface area contributed by atoms with Crippen LogP contribution in [0.25, 0.3) is 10.9 Å². The number of anilines is 1. The van der Waals surface area contributed by atoms with E-state index in [9.17, 15) is 0 Å². The number of pyridine rings is 1. The van der Waals surface area contributed by atoms with E-state index >= 15 is 13.2 Å². The molecule has 7 nitrogen and oxygen atoms in total. The minimum absolute atomic E-state index is 0.0542. The van der Waals surface area contributed by atoms with Crippen LogP contribution in [0, 0.1) is 12.7 Å². The molecule has 2 heterocycles. The molecule has 248 valence electrons. The first-order valence-corrected chi connectivity index (χ1v) is 18.4. The third-order valence-electron chi connectivity index (χ3n) is 8.61. The summed E-state index contributed by atoms with van der Waals surface area (Å²) in [4.78, 5) is 13.4. The Bertz CT molecular complexity index is 1660. The Hall–Kier alpha value is -3.41. The first-order valence-electron chi connectivity index (χ1n) is 15.4. The highest BCUT2D eigenvalue weighted by Crippen LogP contribution is 2.46. The number of halogens is 4. The molecule has 12 heteroatoms. The lowest BCUT2D eigenvalue weighted by Crippen LogP contribution is -2.52. The summed E-state index contributed by atoms with van der Waals surface area (Å²) >= 11 is 6.38. The third-order valence-corrected chi connectivity index (χ3v) is 13.6. The average molecular weight is 675 g/mol. The minimum atomic E-state index is -3.60. The van der Waals surface area contributed by atoms with Gasteiger partial charge in [0, 0.05) is 5.56 Å². The maximum atomic E-state index is 16.2. The van der Waals surface area contributed by atoms with Crippen LogP contribution in [0.1, 0.15) is 70.1 Å². The first-order chi connectivity index (χ1) is 21.7. The fourth-order valence-electron chi connectivity index (χ4n) is 5.57. The number of fused-ring (bicyclic) bond motifs is 1. The van der Waals surface area contributed by atoms with E-state index in [2.05, 4.69) is 20.3 Å². The number of aryl methyl sites for hydroxylation is 1. The minimum Gasteiger partial charge on any atom is -0.497 e. The summed E-state index contributed by atoms with van der Waals surface area (Å²) in [6.45, 7) is 12.2. The molecule has 0 bridgehead atoms. The van der Waals surface area contributed by atoms with Crippen LogP contribution in [0.3, 0.4) is 0 Å². The number of ether oxygens (including phenoxy) is 2. The van der Waals surface area contributed by atoms with E-state index in [1.54, 1.807) is 27.0 Å². The molecule has 0 amide bonds. The van der Waals surface area contributed by atoms with E-state index in [0.29, 0.717) is 40.7 Å². The van der Waals surface area contributed by atoms with Crippen molar-refractivity contribution in [2.45, 2.75) is 90.8 Å². The second kappa shape index (κ2) is 14.1. The molecule has 0 spiro atoms. The normalized spacial score (nSPS) is 13.1. The zero-order valence-corrected chi connectivity index (χ0v) is 29.4. The molecule has 46 heavy (non-hydrogen) atoms. The van der Waals surface area contributed by atoms with E-state index in [1.807, 2.05) is 45.0 Å². The largest absolute Gasteiger partial charge is 0.497 e. The highest BCUT2D eigenvalue weighted by molar-refractivity contribution is 6.73. The molecular formula is C34H42ClF3N4O3Si. The van der Waals surface area contributed by atoms with Gasteiger partial charge in [-0.05, 0) is 75.7 Å². The summed E-state index contributed by atoms with van der Waals surface area (Å²) < 4.78 is 65.9. The predicted molar refractivity (Wildman–Crippen MR) is 179 cm³/mol. The number of nitrogens with zero attached hydrogens (tertiary/aromatic N) is 3. The van der Waals surface area contributed by atoms with E-state index in [0.717, 1.165) is 17.4 Å². The molecule has 0 unspecified atom stereocenters. The second-order valence-electron chi connectivity index (χ2n) is 11.9. The summed E-state index contributed by atoms with van der Waals surface area (Å²) in [5.41, 5.74) is -1.29. The number of alkyl halides is 2. The molecule has 0 radical (unpaired) electrons. The van der Waals surface area contributed by atoms with Gasteiger partial charge in [0.1, 0.15) is 46.1 Å². The number of hydrogen-bond acceptors (Lipinski definition) is 7. The Morgan fingerprint density at radius 3 is 2.24 bits per heavy atom. The summed E-state index contributed by atoms with van der Waals surface area (Å²) in [6.07, 6.45) is 0. The molecule has 0 saturated heterocycles. The van der Waals surface area contributed by atoms with Gasteiger partial charge >= 0.3 is 5.92 Å². The van der Waals surface area contributed by atoms with Crippen molar-refractivity contribution in [2.24, 2.45) is 0 Å². The van der Waals surface area contributed by atoms with Gasteiger partial charge in [-0.3, -0.25) is 0 Å². The van der Waals surface area contributed by atoms with Gasteiger partial charge in [-0.25, -0.2) is 14.4 Å². The Labute approximate surface area is 275 Å². The predicted octanol–water partition coefficient (Wildman–Crippen LogP) is 9.78. The fourth-order valence-corrected chi connectivity index (χ4v) is 8.90. The maximum Gasteiger partial charge on any atom is 0.302 e. The number of benzene rings is 2. The van der Waals surface area contributed by atoms with Gasteiger partial charge in [-0.1, -0.05) is 56.6 Å². The lowest BCUT2D eigenvalue weighted by Gasteiger charge is -2.42. The van der Waals surface area contributed by atoms with Crippen molar-refractivity contribution in [3.63, 3.8) is 0 Å². The zero-order chi connectivity index (χ0) is 33.9. The first kappa shape index (κ1) is 35.4.